The summed E-state index contributed by atoms with van der Waals surface area (Å²) in [5.74, 6) is 0. The van der Waals surface area contributed by atoms with Gasteiger partial charge in [-0.3, -0.25) is 0 Å². The van der Waals surface area contributed by atoms with Crippen molar-refractivity contribution in [3.8, 4) is 0 Å². The first-order valence-electron chi connectivity index (χ1n) is 6.65. The predicted octanol–water partition coefficient (Wildman–Crippen LogP) is 3.13. The van der Waals surface area contributed by atoms with Crippen molar-refractivity contribution in [2.75, 3.05) is 12.8 Å². The summed E-state index contributed by atoms with van der Waals surface area (Å²) in [6.07, 6.45) is 2.80. The van der Waals surface area contributed by atoms with Crippen LogP contribution >= 0.6 is 7.28 Å². The summed E-state index contributed by atoms with van der Waals surface area (Å²) in [5.41, 5.74) is 1.01. The van der Waals surface area contributed by atoms with Crippen LogP contribution in [-0.2, 0) is 4.52 Å². The third kappa shape index (κ3) is 3.76. The summed E-state index contributed by atoms with van der Waals surface area (Å²) in [4.78, 5) is 21.5. The normalized spacial score (nSPS) is 14.2. The molecule has 0 aromatic heterocycles. The number of benzene rings is 1. The molecule has 0 aliphatic rings. The molecule has 0 aliphatic heterocycles. The van der Waals surface area contributed by atoms with Gasteiger partial charge in [-0.25, -0.2) is 0 Å². The van der Waals surface area contributed by atoms with Crippen molar-refractivity contribution in [2.24, 2.45) is 0 Å². The van der Waals surface area contributed by atoms with Gasteiger partial charge in [0, 0.05) is 0 Å². The van der Waals surface area contributed by atoms with Crippen LogP contribution < -0.4 is 5.30 Å². The van der Waals surface area contributed by atoms with Gasteiger partial charge in [-0.15, -0.1) is 0 Å². The van der Waals surface area contributed by atoms with Gasteiger partial charge >= 0.3 is 110 Å². The molecule has 0 atom stereocenters. The Hall–Kier alpha value is -0.470. The second kappa shape index (κ2) is 6.12. The van der Waals surface area contributed by atoms with E-state index in [0.717, 1.165) is 18.4 Å². The maximum atomic E-state index is 10.8. The standard InChI is InChI=1S/C14H25O3P/c1-4-6-10-17-18(15,16,11-5-2)14-9-7-8-13(3)12-14/h7-9,12,15-16H,4-6,10-11H2,1-3H3. The molecule has 0 fully saturated rings. The van der Waals surface area contributed by atoms with Crippen LogP contribution in [0.3, 0.4) is 0 Å². The molecule has 0 spiro atoms. The van der Waals surface area contributed by atoms with Gasteiger partial charge in [0.05, 0.1) is 0 Å². The molecule has 0 saturated carbocycles. The number of aryl methyl sites for hydroxylation is 1. The molecular formula is C14H25O3P. The minimum atomic E-state index is -4.18. The molecule has 0 heterocycles. The van der Waals surface area contributed by atoms with Gasteiger partial charge in [0.25, 0.3) is 0 Å². The second-order valence-corrected chi connectivity index (χ2v) is 8.31. The molecule has 0 saturated heterocycles. The third-order valence-corrected chi connectivity index (χ3v) is 6.30. The number of rotatable bonds is 7. The van der Waals surface area contributed by atoms with Gasteiger partial charge < -0.3 is 0 Å². The summed E-state index contributed by atoms with van der Waals surface area (Å²) in [6.45, 7) is 6.33. The molecule has 3 nitrogen and oxygen atoms in total. The van der Waals surface area contributed by atoms with Crippen molar-refractivity contribution in [1.29, 1.82) is 0 Å². The van der Waals surface area contributed by atoms with Crippen molar-refractivity contribution in [2.45, 2.75) is 40.0 Å². The Morgan fingerprint density at radius 2 is 1.89 bits per heavy atom. The quantitative estimate of drug-likeness (QED) is 0.592. The molecule has 0 unspecified atom stereocenters. The number of unbranched alkanes of at least 4 members (excludes halogenated alkanes) is 1. The van der Waals surface area contributed by atoms with Gasteiger partial charge in [-0.1, -0.05) is 0 Å². The molecule has 0 amide bonds. The number of hydrogen-bond donors (Lipinski definition) is 2. The van der Waals surface area contributed by atoms with Crippen LogP contribution in [0.2, 0.25) is 0 Å². The Morgan fingerprint density at radius 1 is 1.17 bits per heavy atom. The van der Waals surface area contributed by atoms with Crippen molar-refractivity contribution >= 4 is 12.6 Å². The van der Waals surface area contributed by atoms with E-state index in [0.29, 0.717) is 24.5 Å². The Balaban J connectivity index is 3.04. The predicted molar refractivity (Wildman–Crippen MR) is 78.2 cm³/mol. The van der Waals surface area contributed by atoms with Crippen molar-refractivity contribution in [3.05, 3.63) is 29.8 Å². The molecule has 1 aromatic rings. The molecule has 1 aromatic carbocycles. The van der Waals surface area contributed by atoms with Gasteiger partial charge in [0.1, 0.15) is 0 Å². The van der Waals surface area contributed by atoms with E-state index in [1.165, 1.54) is 0 Å². The van der Waals surface area contributed by atoms with E-state index in [-0.39, 0.29) is 0 Å². The van der Waals surface area contributed by atoms with Crippen LogP contribution in [0, 0.1) is 6.92 Å². The van der Waals surface area contributed by atoms with Crippen LogP contribution in [0.1, 0.15) is 38.7 Å². The molecule has 0 radical (unpaired) electrons. The third-order valence-electron chi connectivity index (χ3n) is 3.01. The average molecular weight is 272 g/mol. The molecule has 4 heteroatoms. The van der Waals surface area contributed by atoms with E-state index in [1.807, 2.05) is 32.0 Å². The van der Waals surface area contributed by atoms with Crippen molar-refractivity contribution < 1.29 is 14.3 Å². The zero-order valence-electron chi connectivity index (χ0n) is 11.6. The van der Waals surface area contributed by atoms with Crippen molar-refractivity contribution in [3.63, 3.8) is 0 Å². The van der Waals surface area contributed by atoms with E-state index in [9.17, 15) is 9.79 Å². The van der Waals surface area contributed by atoms with Gasteiger partial charge in [-0.2, -0.15) is 0 Å². The van der Waals surface area contributed by atoms with Crippen LogP contribution in [-0.4, -0.2) is 22.6 Å². The first-order chi connectivity index (χ1) is 8.41. The first kappa shape index (κ1) is 15.6. The minimum absolute atomic E-state index is 0.290. The van der Waals surface area contributed by atoms with Gasteiger partial charge in [0.2, 0.25) is 0 Å². The molecule has 2 N–H and O–H groups in total. The van der Waals surface area contributed by atoms with E-state index in [1.54, 1.807) is 6.07 Å². The fourth-order valence-corrected chi connectivity index (χ4v) is 4.68. The SMILES string of the molecule is CCCCOP(O)(O)(CCC)c1cccc(C)c1. The van der Waals surface area contributed by atoms with Crippen molar-refractivity contribution in [1.82, 2.24) is 0 Å². The summed E-state index contributed by atoms with van der Waals surface area (Å²) in [7, 11) is -4.18. The molecule has 0 aliphatic carbocycles. The molecular weight excluding hydrogens is 247 g/mol. The van der Waals surface area contributed by atoms with E-state index < -0.39 is 7.28 Å². The molecule has 104 valence electrons. The topological polar surface area (TPSA) is 49.7 Å². The Morgan fingerprint density at radius 3 is 2.44 bits per heavy atom. The number of hydrogen-bond acceptors (Lipinski definition) is 3. The fraction of sp³-hybridized carbons (Fsp3) is 0.571. The Bertz CT molecular complexity index is 390. The van der Waals surface area contributed by atoms with E-state index in [4.69, 9.17) is 4.52 Å². The first-order valence-corrected chi connectivity index (χ1v) is 8.89. The van der Waals surface area contributed by atoms with Crippen LogP contribution in [0.15, 0.2) is 24.3 Å². The zero-order chi connectivity index (χ0) is 13.7. The Kier molecular flexibility index (Phi) is 5.30. The van der Waals surface area contributed by atoms with E-state index in [2.05, 4.69) is 6.92 Å². The van der Waals surface area contributed by atoms with Crippen LogP contribution in [0.5, 0.6) is 0 Å². The molecule has 1 rings (SSSR count). The zero-order valence-corrected chi connectivity index (χ0v) is 12.5. The Labute approximate surface area is 110 Å². The summed E-state index contributed by atoms with van der Waals surface area (Å²) >= 11 is 0. The average Bonchev–Trinajstić information content (AvgIpc) is 2.29. The van der Waals surface area contributed by atoms with Gasteiger partial charge in [0.15, 0.2) is 0 Å². The maximum absolute atomic E-state index is 10.8. The summed E-state index contributed by atoms with van der Waals surface area (Å²) < 4.78 is 5.58. The molecule has 18 heavy (non-hydrogen) atoms. The molecule has 0 bridgehead atoms. The summed E-state index contributed by atoms with van der Waals surface area (Å²) in [6, 6.07) is 7.36. The van der Waals surface area contributed by atoms with Crippen LogP contribution in [0.25, 0.3) is 0 Å². The van der Waals surface area contributed by atoms with Crippen LogP contribution in [0.4, 0.5) is 0 Å². The van der Waals surface area contributed by atoms with Gasteiger partial charge in [-0.05, 0) is 0 Å². The summed E-state index contributed by atoms with van der Waals surface area (Å²) in [5, 5.41) is 0.541. The fourth-order valence-electron chi connectivity index (χ4n) is 1.98. The van der Waals surface area contributed by atoms with E-state index >= 15 is 0 Å². The second-order valence-electron chi connectivity index (χ2n) is 4.86. The monoisotopic (exact) mass is 272 g/mol.